The second-order valence-electron chi connectivity index (χ2n) is 5.25. The maximum absolute atomic E-state index is 12.4. The summed E-state index contributed by atoms with van der Waals surface area (Å²) in [5, 5.41) is 11.6. The summed E-state index contributed by atoms with van der Waals surface area (Å²) in [7, 11) is 0. The normalized spacial score (nSPS) is 11.9. The summed E-state index contributed by atoms with van der Waals surface area (Å²) in [5.41, 5.74) is 1.50. The van der Waals surface area contributed by atoms with Gasteiger partial charge in [0.05, 0.1) is 5.25 Å². The Morgan fingerprint density at radius 3 is 2.72 bits per heavy atom. The van der Waals surface area contributed by atoms with Gasteiger partial charge in [0, 0.05) is 16.3 Å². The molecule has 1 heterocycles. The second-order valence-corrected chi connectivity index (χ2v) is 6.84. The third kappa shape index (κ3) is 4.61. The van der Waals surface area contributed by atoms with E-state index in [1.807, 2.05) is 49.4 Å². The lowest BCUT2D eigenvalue weighted by molar-refractivity contribution is -0.115. The van der Waals surface area contributed by atoms with Crippen LogP contribution in [0, 0.1) is 0 Å². The van der Waals surface area contributed by atoms with E-state index in [2.05, 4.69) is 15.5 Å². The summed E-state index contributed by atoms with van der Waals surface area (Å²) in [5.74, 6) is 0.282. The number of hydrogen-bond donors (Lipinski definition) is 1. The highest BCUT2D eigenvalue weighted by Gasteiger charge is 2.21. The SMILES string of the molecule is CC[C@@H](Sc1nnc(-c2cccc(Cl)c2)o1)C(=O)Nc1ccccc1. The van der Waals surface area contributed by atoms with Gasteiger partial charge in [0.1, 0.15) is 0 Å². The first kappa shape index (κ1) is 17.5. The number of nitrogens with one attached hydrogen (secondary N) is 1. The zero-order valence-electron chi connectivity index (χ0n) is 13.5. The molecule has 3 rings (SSSR count). The summed E-state index contributed by atoms with van der Waals surface area (Å²) >= 11 is 7.23. The summed E-state index contributed by atoms with van der Waals surface area (Å²) in [6.07, 6.45) is 0.637. The number of halogens is 1. The molecule has 2 aromatic carbocycles. The standard InChI is InChI=1S/C18H16ClN3O2S/c1-2-15(16(23)20-14-9-4-3-5-10-14)25-18-22-21-17(24-18)12-7-6-8-13(19)11-12/h3-11,15H,2H2,1H3,(H,20,23)/t15-/m1/s1. The van der Waals surface area contributed by atoms with Gasteiger partial charge in [-0.2, -0.15) is 0 Å². The zero-order valence-corrected chi connectivity index (χ0v) is 15.1. The number of nitrogens with zero attached hydrogens (tertiary/aromatic N) is 2. The van der Waals surface area contributed by atoms with Gasteiger partial charge >= 0.3 is 0 Å². The molecule has 7 heteroatoms. The Morgan fingerprint density at radius 1 is 1.20 bits per heavy atom. The van der Waals surface area contributed by atoms with Crippen LogP contribution in [-0.2, 0) is 4.79 Å². The fraction of sp³-hybridized carbons (Fsp3) is 0.167. The van der Waals surface area contributed by atoms with Crippen molar-refractivity contribution in [1.29, 1.82) is 0 Å². The monoisotopic (exact) mass is 373 g/mol. The lowest BCUT2D eigenvalue weighted by Crippen LogP contribution is -2.24. The predicted molar refractivity (Wildman–Crippen MR) is 99.8 cm³/mol. The Balaban J connectivity index is 1.69. The lowest BCUT2D eigenvalue weighted by Gasteiger charge is -2.12. The molecule has 0 aliphatic carbocycles. The van der Waals surface area contributed by atoms with E-state index in [0.717, 1.165) is 11.3 Å². The molecule has 0 radical (unpaired) electrons. The van der Waals surface area contributed by atoms with Gasteiger partial charge in [-0.05, 0) is 36.8 Å². The molecule has 0 saturated carbocycles. The Kier molecular flexibility index (Phi) is 5.73. The van der Waals surface area contributed by atoms with Gasteiger partial charge in [-0.25, -0.2) is 0 Å². The molecule has 0 saturated heterocycles. The number of para-hydroxylation sites is 1. The van der Waals surface area contributed by atoms with E-state index in [4.69, 9.17) is 16.0 Å². The van der Waals surface area contributed by atoms with Crippen LogP contribution in [0.15, 0.2) is 64.2 Å². The number of hydrogen-bond acceptors (Lipinski definition) is 5. The maximum Gasteiger partial charge on any atom is 0.277 e. The number of carbonyl (C=O) groups excluding carboxylic acids is 1. The molecule has 25 heavy (non-hydrogen) atoms. The van der Waals surface area contributed by atoms with Crippen LogP contribution in [0.4, 0.5) is 5.69 Å². The summed E-state index contributed by atoms with van der Waals surface area (Å²) < 4.78 is 5.66. The predicted octanol–water partition coefficient (Wildman–Crippen LogP) is 4.90. The Morgan fingerprint density at radius 2 is 2.00 bits per heavy atom. The minimum atomic E-state index is -0.326. The van der Waals surface area contributed by atoms with Crippen molar-refractivity contribution in [2.24, 2.45) is 0 Å². The Labute approximate surface area is 154 Å². The van der Waals surface area contributed by atoms with E-state index in [-0.39, 0.29) is 11.2 Å². The number of amides is 1. The van der Waals surface area contributed by atoms with Gasteiger partial charge < -0.3 is 9.73 Å². The molecule has 0 aliphatic rings. The van der Waals surface area contributed by atoms with Crippen LogP contribution in [0.2, 0.25) is 5.02 Å². The van der Waals surface area contributed by atoms with Crippen molar-refractivity contribution in [1.82, 2.24) is 10.2 Å². The van der Waals surface area contributed by atoms with Crippen LogP contribution in [-0.4, -0.2) is 21.4 Å². The highest BCUT2D eigenvalue weighted by molar-refractivity contribution is 8.00. The number of thioether (sulfide) groups is 1. The quantitative estimate of drug-likeness (QED) is 0.622. The molecule has 0 aliphatic heterocycles. The van der Waals surface area contributed by atoms with Crippen LogP contribution in [0.3, 0.4) is 0 Å². The maximum atomic E-state index is 12.4. The zero-order chi connectivity index (χ0) is 17.6. The van der Waals surface area contributed by atoms with Crippen LogP contribution >= 0.6 is 23.4 Å². The van der Waals surface area contributed by atoms with E-state index in [1.54, 1.807) is 12.1 Å². The van der Waals surface area contributed by atoms with Crippen LogP contribution in [0.25, 0.3) is 11.5 Å². The van der Waals surface area contributed by atoms with Gasteiger partial charge in [-0.3, -0.25) is 4.79 Å². The number of aromatic nitrogens is 2. The Bertz CT molecular complexity index is 854. The van der Waals surface area contributed by atoms with Crippen molar-refractivity contribution in [3.05, 3.63) is 59.6 Å². The molecule has 1 N–H and O–H groups in total. The minimum absolute atomic E-state index is 0.0961. The molecule has 0 bridgehead atoms. The topological polar surface area (TPSA) is 68.0 Å². The number of rotatable bonds is 6. The number of benzene rings is 2. The summed E-state index contributed by atoms with van der Waals surface area (Å²) in [6, 6.07) is 16.5. The molecule has 1 atom stereocenters. The van der Waals surface area contributed by atoms with Gasteiger partial charge in [0.2, 0.25) is 11.8 Å². The fourth-order valence-corrected chi connectivity index (χ4v) is 3.17. The van der Waals surface area contributed by atoms with Gasteiger partial charge in [-0.1, -0.05) is 54.6 Å². The second kappa shape index (κ2) is 8.18. The first-order chi connectivity index (χ1) is 12.2. The van der Waals surface area contributed by atoms with Crippen molar-refractivity contribution >= 4 is 35.0 Å². The molecule has 128 valence electrons. The number of carbonyl (C=O) groups is 1. The summed E-state index contributed by atoms with van der Waals surface area (Å²) in [6.45, 7) is 1.94. The average molecular weight is 374 g/mol. The van der Waals surface area contributed by atoms with Crippen molar-refractivity contribution in [3.8, 4) is 11.5 Å². The lowest BCUT2D eigenvalue weighted by atomic mass is 10.2. The van der Waals surface area contributed by atoms with Gasteiger partial charge in [-0.15, -0.1) is 10.2 Å². The van der Waals surface area contributed by atoms with Crippen molar-refractivity contribution < 1.29 is 9.21 Å². The van der Waals surface area contributed by atoms with E-state index >= 15 is 0 Å². The highest BCUT2D eigenvalue weighted by atomic mass is 35.5. The van der Waals surface area contributed by atoms with E-state index in [0.29, 0.717) is 22.6 Å². The minimum Gasteiger partial charge on any atom is -0.411 e. The van der Waals surface area contributed by atoms with Crippen molar-refractivity contribution in [2.75, 3.05) is 5.32 Å². The Hall–Kier alpha value is -2.31. The van der Waals surface area contributed by atoms with Crippen molar-refractivity contribution in [2.45, 2.75) is 23.8 Å². The van der Waals surface area contributed by atoms with E-state index < -0.39 is 0 Å². The molecule has 1 amide bonds. The van der Waals surface area contributed by atoms with E-state index in [1.165, 1.54) is 11.8 Å². The van der Waals surface area contributed by atoms with Crippen LogP contribution < -0.4 is 5.32 Å². The first-order valence-corrected chi connectivity index (χ1v) is 9.03. The first-order valence-electron chi connectivity index (χ1n) is 7.77. The molecule has 0 fully saturated rings. The molecule has 3 aromatic rings. The van der Waals surface area contributed by atoms with Gasteiger partial charge in [0.15, 0.2) is 0 Å². The highest BCUT2D eigenvalue weighted by Crippen LogP contribution is 2.29. The van der Waals surface area contributed by atoms with Crippen molar-refractivity contribution in [3.63, 3.8) is 0 Å². The molecular formula is C18H16ClN3O2S. The molecule has 0 spiro atoms. The van der Waals surface area contributed by atoms with Crippen LogP contribution in [0.1, 0.15) is 13.3 Å². The molecule has 5 nitrogen and oxygen atoms in total. The molecule has 1 aromatic heterocycles. The smallest absolute Gasteiger partial charge is 0.277 e. The largest absolute Gasteiger partial charge is 0.411 e. The third-order valence-electron chi connectivity index (χ3n) is 3.43. The number of anilines is 1. The fourth-order valence-electron chi connectivity index (χ4n) is 2.18. The third-order valence-corrected chi connectivity index (χ3v) is 4.86. The molecule has 0 unspecified atom stereocenters. The average Bonchev–Trinajstić information content (AvgIpc) is 3.09. The molecular weight excluding hydrogens is 358 g/mol. The van der Waals surface area contributed by atoms with Gasteiger partial charge in [0.25, 0.3) is 5.22 Å². The van der Waals surface area contributed by atoms with E-state index in [9.17, 15) is 4.79 Å². The summed E-state index contributed by atoms with van der Waals surface area (Å²) in [4.78, 5) is 12.4. The van der Waals surface area contributed by atoms with Crippen LogP contribution in [0.5, 0.6) is 0 Å².